The van der Waals surface area contributed by atoms with Crippen LogP contribution in [-0.2, 0) is 4.79 Å². The molecule has 0 aromatic heterocycles. The molecule has 0 aliphatic rings. The Morgan fingerprint density at radius 1 is 0.833 bits per heavy atom. The first-order valence-electron chi connectivity index (χ1n) is 6.27. The van der Waals surface area contributed by atoms with Gasteiger partial charge in [-0.1, -0.05) is 70.6 Å². The number of benzene rings is 2. The Morgan fingerprint density at radius 2 is 1.22 bits per heavy atom. The Hall–Kier alpha value is -1.83. The predicted molar refractivity (Wildman–Crippen MR) is 78.3 cm³/mol. The summed E-state index contributed by atoms with van der Waals surface area (Å²) < 4.78 is 0. The lowest BCUT2D eigenvalue weighted by Crippen LogP contribution is -2.42. The third-order valence-corrected chi connectivity index (χ3v) is 3.29. The van der Waals surface area contributed by atoms with Crippen molar-refractivity contribution < 1.29 is 4.79 Å². The van der Waals surface area contributed by atoms with E-state index in [1.807, 2.05) is 0 Å². The normalized spacial score (nSPS) is 10.1. The second-order valence-electron chi connectivity index (χ2n) is 4.78. The molecule has 0 saturated carbocycles. The van der Waals surface area contributed by atoms with Gasteiger partial charge in [0.15, 0.2) is 0 Å². The van der Waals surface area contributed by atoms with Gasteiger partial charge in [-0.2, -0.15) is 0 Å². The van der Waals surface area contributed by atoms with Crippen molar-refractivity contribution >= 4 is 23.9 Å². The van der Waals surface area contributed by atoms with E-state index in [1.165, 1.54) is 22.1 Å². The Bertz CT molecular complexity index is 468. The molecule has 0 fully saturated rings. The maximum atomic E-state index is 10.9. The van der Waals surface area contributed by atoms with Gasteiger partial charge in [0.05, 0.1) is 0 Å². The van der Waals surface area contributed by atoms with E-state index in [0.29, 0.717) is 6.32 Å². The van der Waals surface area contributed by atoms with E-state index >= 15 is 0 Å². The minimum Gasteiger partial charge on any atom is -0.304 e. The van der Waals surface area contributed by atoms with Gasteiger partial charge in [0.1, 0.15) is 6.29 Å². The fourth-order valence-corrected chi connectivity index (χ4v) is 2.16. The standard InChI is InChI=1S/C16H17BO/c1-13-3-7-15(8-4-13)17(11-12-18)16-9-5-14(2)6-10-16/h3-10,12H,11H2,1-2H3. The van der Waals surface area contributed by atoms with Crippen LogP contribution in [0.2, 0.25) is 6.32 Å². The van der Waals surface area contributed by atoms with Gasteiger partial charge in [0.25, 0.3) is 0 Å². The van der Waals surface area contributed by atoms with Crippen LogP contribution in [0.15, 0.2) is 48.5 Å². The first-order valence-corrected chi connectivity index (χ1v) is 6.27. The zero-order valence-corrected chi connectivity index (χ0v) is 10.9. The van der Waals surface area contributed by atoms with E-state index in [-0.39, 0.29) is 6.71 Å². The van der Waals surface area contributed by atoms with Crippen LogP contribution in [0.1, 0.15) is 11.1 Å². The summed E-state index contributed by atoms with van der Waals surface area (Å²) in [4.78, 5) is 10.9. The van der Waals surface area contributed by atoms with Gasteiger partial charge in [-0.25, -0.2) is 0 Å². The van der Waals surface area contributed by atoms with Gasteiger partial charge in [-0.3, -0.25) is 0 Å². The zero-order chi connectivity index (χ0) is 13.0. The van der Waals surface area contributed by atoms with E-state index in [0.717, 1.165) is 6.29 Å². The van der Waals surface area contributed by atoms with Gasteiger partial charge >= 0.3 is 0 Å². The van der Waals surface area contributed by atoms with Crippen LogP contribution >= 0.6 is 0 Å². The summed E-state index contributed by atoms with van der Waals surface area (Å²) in [5, 5.41) is 0. The summed E-state index contributed by atoms with van der Waals surface area (Å²) in [5.41, 5.74) is 4.90. The van der Waals surface area contributed by atoms with Crippen molar-refractivity contribution in [3.05, 3.63) is 59.7 Å². The summed E-state index contributed by atoms with van der Waals surface area (Å²) in [6, 6.07) is 16.9. The first-order chi connectivity index (χ1) is 8.70. The molecule has 1 nitrogen and oxygen atoms in total. The van der Waals surface area contributed by atoms with Crippen LogP contribution < -0.4 is 10.9 Å². The molecule has 0 aliphatic carbocycles. The molecule has 18 heavy (non-hydrogen) atoms. The number of hydrogen-bond donors (Lipinski definition) is 0. The predicted octanol–water partition coefficient (Wildman–Crippen LogP) is 2.11. The van der Waals surface area contributed by atoms with Crippen molar-refractivity contribution in [3.63, 3.8) is 0 Å². The van der Waals surface area contributed by atoms with E-state index in [9.17, 15) is 4.79 Å². The average Bonchev–Trinajstić information content (AvgIpc) is 2.39. The van der Waals surface area contributed by atoms with Gasteiger partial charge in [0.2, 0.25) is 6.71 Å². The highest BCUT2D eigenvalue weighted by Crippen LogP contribution is 2.01. The summed E-state index contributed by atoms with van der Waals surface area (Å²) in [7, 11) is 0. The van der Waals surface area contributed by atoms with Crippen molar-refractivity contribution in [3.8, 4) is 0 Å². The van der Waals surface area contributed by atoms with E-state index < -0.39 is 0 Å². The molecule has 2 rings (SSSR count). The first kappa shape index (κ1) is 12.6. The molecule has 0 atom stereocenters. The summed E-state index contributed by atoms with van der Waals surface area (Å²) in [5.74, 6) is 0. The van der Waals surface area contributed by atoms with Gasteiger partial charge < -0.3 is 4.79 Å². The number of aryl methyl sites for hydroxylation is 2. The second-order valence-corrected chi connectivity index (χ2v) is 4.78. The molecule has 90 valence electrons. The number of rotatable bonds is 4. The largest absolute Gasteiger partial charge is 0.304 e. The molecule has 0 heterocycles. The van der Waals surface area contributed by atoms with Crippen molar-refractivity contribution in [2.75, 3.05) is 0 Å². The van der Waals surface area contributed by atoms with Crippen molar-refractivity contribution in [1.82, 2.24) is 0 Å². The minimum atomic E-state index is 0.170. The van der Waals surface area contributed by atoms with Crippen molar-refractivity contribution in [2.45, 2.75) is 20.2 Å². The van der Waals surface area contributed by atoms with Crippen LogP contribution in [-0.4, -0.2) is 13.0 Å². The zero-order valence-electron chi connectivity index (χ0n) is 10.9. The highest BCUT2D eigenvalue weighted by molar-refractivity contribution is 6.86. The molecule has 2 heteroatoms. The quantitative estimate of drug-likeness (QED) is 0.587. The smallest absolute Gasteiger partial charge is 0.216 e. The Kier molecular flexibility index (Phi) is 3.98. The number of carbonyl (C=O) groups is 1. The summed E-state index contributed by atoms with van der Waals surface area (Å²) in [6.45, 7) is 4.32. The topological polar surface area (TPSA) is 17.1 Å². The van der Waals surface area contributed by atoms with Gasteiger partial charge in [-0.15, -0.1) is 0 Å². The molecule has 0 bridgehead atoms. The van der Waals surface area contributed by atoms with E-state index in [2.05, 4.69) is 62.4 Å². The minimum absolute atomic E-state index is 0.170. The molecule has 0 saturated heterocycles. The van der Waals surface area contributed by atoms with Crippen LogP contribution in [0, 0.1) is 13.8 Å². The monoisotopic (exact) mass is 236 g/mol. The third kappa shape index (κ3) is 2.89. The lowest BCUT2D eigenvalue weighted by Gasteiger charge is -2.12. The third-order valence-electron chi connectivity index (χ3n) is 3.29. The maximum absolute atomic E-state index is 10.9. The fraction of sp³-hybridized carbons (Fsp3) is 0.188. The molecular weight excluding hydrogens is 219 g/mol. The number of carbonyl (C=O) groups excluding carboxylic acids is 1. The van der Waals surface area contributed by atoms with Crippen LogP contribution in [0.5, 0.6) is 0 Å². The van der Waals surface area contributed by atoms with E-state index in [4.69, 9.17) is 0 Å². The Balaban J connectivity index is 2.35. The van der Waals surface area contributed by atoms with Crippen molar-refractivity contribution in [1.29, 1.82) is 0 Å². The number of hydrogen-bond acceptors (Lipinski definition) is 1. The summed E-state index contributed by atoms with van der Waals surface area (Å²) >= 11 is 0. The average molecular weight is 236 g/mol. The highest BCUT2D eigenvalue weighted by atomic mass is 16.1. The lowest BCUT2D eigenvalue weighted by molar-refractivity contribution is -0.106. The van der Waals surface area contributed by atoms with Crippen molar-refractivity contribution in [2.24, 2.45) is 0 Å². The maximum Gasteiger partial charge on any atom is 0.216 e. The van der Waals surface area contributed by atoms with Gasteiger partial charge in [0, 0.05) is 0 Å². The fourth-order valence-electron chi connectivity index (χ4n) is 2.16. The SMILES string of the molecule is Cc1ccc(B(CC=O)c2ccc(C)cc2)cc1. The highest BCUT2D eigenvalue weighted by Gasteiger charge is 2.18. The Morgan fingerprint density at radius 3 is 1.56 bits per heavy atom. The summed E-state index contributed by atoms with van der Waals surface area (Å²) in [6.07, 6.45) is 1.54. The molecule has 0 radical (unpaired) electrons. The van der Waals surface area contributed by atoms with Crippen LogP contribution in [0.3, 0.4) is 0 Å². The molecule has 0 aliphatic heterocycles. The Labute approximate surface area is 109 Å². The number of aldehydes is 1. The molecule has 2 aromatic carbocycles. The molecule has 0 amide bonds. The molecular formula is C16H17BO. The molecule has 0 unspecified atom stereocenters. The van der Waals surface area contributed by atoms with Crippen LogP contribution in [0.4, 0.5) is 0 Å². The molecule has 0 spiro atoms. The second kappa shape index (κ2) is 5.68. The molecule has 0 N–H and O–H groups in total. The molecule has 2 aromatic rings. The lowest BCUT2D eigenvalue weighted by atomic mass is 9.39. The van der Waals surface area contributed by atoms with Gasteiger partial charge in [-0.05, 0) is 20.2 Å². The van der Waals surface area contributed by atoms with Crippen LogP contribution in [0.25, 0.3) is 0 Å². The van der Waals surface area contributed by atoms with E-state index in [1.54, 1.807) is 0 Å².